The van der Waals surface area contributed by atoms with Crippen LogP contribution in [-0.2, 0) is 0 Å². The molecule has 61 heavy (non-hydrogen) atoms. The molecule has 0 aromatic carbocycles. The highest BCUT2D eigenvalue weighted by Gasteiger charge is 2.66. The van der Waals surface area contributed by atoms with Crippen molar-refractivity contribution in [2.75, 3.05) is 6.54 Å². The Balaban J connectivity index is 1.58. The van der Waals surface area contributed by atoms with E-state index in [0.717, 1.165) is 19.3 Å². The minimum Gasteiger partial charge on any atom is -0.465 e. The van der Waals surface area contributed by atoms with Crippen LogP contribution in [0, 0.1) is 22.2 Å². The fourth-order valence-corrected chi connectivity index (χ4v) is 11.2. The number of amides is 1. The zero-order valence-electron chi connectivity index (χ0n) is 41.3. The van der Waals surface area contributed by atoms with Crippen LogP contribution < -0.4 is 5.32 Å². The summed E-state index contributed by atoms with van der Waals surface area (Å²) in [7, 11) is 0. The van der Waals surface area contributed by atoms with Crippen molar-refractivity contribution in [2.45, 2.75) is 334 Å². The average Bonchev–Trinajstić information content (AvgIpc) is 3.91. The monoisotopic (exact) mass is 853 g/mol. The van der Waals surface area contributed by atoms with E-state index in [1.54, 1.807) is 0 Å². The van der Waals surface area contributed by atoms with Gasteiger partial charge in [0.1, 0.15) is 0 Å². The van der Waals surface area contributed by atoms with Crippen molar-refractivity contribution in [3.8, 4) is 6.07 Å². The largest absolute Gasteiger partial charge is 0.465 e. The lowest BCUT2D eigenvalue weighted by Gasteiger charge is -2.21. The molecule has 2 aliphatic carbocycles. The first-order valence-corrected chi connectivity index (χ1v) is 28.5. The van der Waals surface area contributed by atoms with Crippen LogP contribution in [0.2, 0.25) is 0 Å². The van der Waals surface area contributed by atoms with Crippen LogP contribution >= 0.6 is 0 Å². The van der Waals surface area contributed by atoms with Gasteiger partial charge in [0.2, 0.25) is 0 Å². The van der Waals surface area contributed by atoms with Gasteiger partial charge < -0.3 is 10.4 Å². The quantitative estimate of drug-likeness (QED) is 0.291. The van der Waals surface area contributed by atoms with Crippen molar-refractivity contribution in [2.24, 2.45) is 10.8 Å². The summed E-state index contributed by atoms with van der Waals surface area (Å²) in [6.45, 7) is 0.304. The molecule has 358 valence electrons. The SMILES string of the molecule is N#CC1(CNC(=O)O)CC12CCCCCCCCCCCCCCCCCCCCCCCCCCCCCCCCCCCCCCCCCCCCCCCCCCC2. The van der Waals surface area contributed by atoms with Crippen LogP contribution in [0.1, 0.15) is 334 Å². The minimum atomic E-state index is -0.994. The van der Waals surface area contributed by atoms with E-state index in [0.29, 0.717) is 6.54 Å². The van der Waals surface area contributed by atoms with Gasteiger partial charge in [-0.25, -0.2) is 4.79 Å². The molecule has 0 aromatic heterocycles. The first-order valence-electron chi connectivity index (χ1n) is 28.5. The lowest BCUT2D eigenvalue weighted by molar-refractivity contribution is 0.190. The fraction of sp³-hybridized carbons (Fsp3) is 0.965. The molecule has 2 rings (SSSR count). The van der Waals surface area contributed by atoms with Crippen molar-refractivity contribution in [3.63, 3.8) is 0 Å². The van der Waals surface area contributed by atoms with Crippen molar-refractivity contribution in [1.82, 2.24) is 5.32 Å². The van der Waals surface area contributed by atoms with E-state index in [9.17, 15) is 15.2 Å². The summed E-state index contributed by atoms with van der Waals surface area (Å²) in [4.78, 5) is 11.3. The second kappa shape index (κ2) is 41.5. The third-order valence-electron chi connectivity index (χ3n) is 15.6. The van der Waals surface area contributed by atoms with Gasteiger partial charge in [-0.3, -0.25) is 0 Å². The third kappa shape index (κ3) is 32.1. The number of hydrogen-bond acceptors (Lipinski definition) is 2. The minimum absolute atomic E-state index is 0.0336. The molecule has 0 heterocycles. The summed E-state index contributed by atoms with van der Waals surface area (Å²) in [6.07, 6.45) is 71.8. The van der Waals surface area contributed by atoms with Crippen LogP contribution in [0.25, 0.3) is 0 Å². The van der Waals surface area contributed by atoms with Crippen LogP contribution in [0.15, 0.2) is 0 Å². The van der Waals surface area contributed by atoms with E-state index >= 15 is 0 Å². The number of carboxylic acid groups (broad SMARTS) is 1. The van der Waals surface area contributed by atoms with Crippen LogP contribution in [-0.4, -0.2) is 17.7 Å². The first-order chi connectivity index (χ1) is 30.1. The van der Waals surface area contributed by atoms with Gasteiger partial charge >= 0.3 is 6.09 Å². The molecule has 0 saturated heterocycles. The summed E-state index contributed by atoms with van der Waals surface area (Å²) in [5, 5.41) is 22.1. The molecule has 1 amide bonds. The molecule has 0 bridgehead atoms. The van der Waals surface area contributed by atoms with Crippen LogP contribution in [0.4, 0.5) is 4.79 Å². The molecule has 4 nitrogen and oxygen atoms in total. The van der Waals surface area contributed by atoms with E-state index in [1.165, 1.54) is 315 Å². The zero-order valence-corrected chi connectivity index (χ0v) is 41.3. The Bertz CT molecular complexity index is 938. The summed E-state index contributed by atoms with van der Waals surface area (Å²) in [6, 6.07) is 2.61. The Hall–Kier alpha value is -1.24. The molecule has 1 atom stereocenters. The number of hydrogen-bond donors (Lipinski definition) is 2. The lowest BCUT2D eigenvalue weighted by atomic mass is 9.83. The van der Waals surface area contributed by atoms with E-state index in [2.05, 4.69) is 11.4 Å². The summed E-state index contributed by atoms with van der Waals surface area (Å²) in [5.74, 6) is 0. The Morgan fingerprint density at radius 3 is 0.656 bits per heavy atom. The zero-order chi connectivity index (χ0) is 43.5. The fourth-order valence-electron chi connectivity index (χ4n) is 11.2. The Morgan fingerprint density at radius 2 is 0.508 bits per heavy atom. The molecule has 0 aliphatic heterocycles. The van der Waals surface area contributed by atoms with E-state index in [-0.39, 0.29) is 5.41 Å². The summed E-state index contributed by atoms with van der Waals surface area (Å²) >= 11 is 0. The van der Waals surface area contributed by atoms with Gasteiger partial charge in [0.05, 0.1) is 11.5 Å². The molecule has 0 radical (unpaired) electrons. The third-order valence-corrected chi connectivity index (χ3v) is 15.6. The average molecular weight is 854 g/mol. The first kappa shape index (κ1) is 55.9. The number of rotatable bonds is 2. The highest BCUT2D eigenvalue weighted by atomic mass is 16.4. The van der Waals surface area contributed by atoms with Crippen molar-refractivity contribution >= 4 is 6.09 Å². The lowest BCUT2D eigenvalue weighted by Crippen LogP contribution is -2.31. The van der Waals surface area contributed by atoms with Gasteiger partial charge in [0.25, 0.3) is 0 Å². The highest BCUT2D eigenvalue weighted by Crippen LogP contribution is 2.68. The molecule has 2 aliphatic rings. The van der Waals surface area contributed by atoms with Gasteiger partial charge in [-0.05, 0) is 24.7 Å². The van der Waals surface area contributed by atoms with Gasteiger partial charge in [-0.2, -0.15) is 5.26 Å². The second-order valence-electron chi connectivity index (χ2n) is 21.1. The topological polar surface area (TPSA) is 73.1 Å². The van der Waals surface area contributed by atoms with Gasteiger partial charge in [-0.15, -0.1) is 0 Å². The molecule has 1 unspecified atom stereocenters. The second-order valence-corrected chi connectivity index (χ2v) is 21.1. The molecular formula is C57H108N2O2. The molecule has 0 aromatic rings. The van der Waals surface area contributed by atoms with E-state index in [4.69, 9.17) is 0 Å². The Labute approximate surface area is 382 Å². The van der Waals surface area contributed by atoms with Crippen LogP contribution in [0.3, 0.4) is 0 Å². The van der Waals surface area contributed by atoms with Crippen molar-refractivity contribution in [3.05, 3.63) is 0 Å². The van der Waals surface area contributed by atoms with Crippen molar-refractivity contribution in [1.29, 1.82) is 5.26 Å². The normalized spacial score (nSPS) is 26.0. The maximum Gasteiger partial charge on any atom is 0.404 e. The molecule has 2 saturated carbocycles. The molecular weight excluding hydrogens is 745 g/mol. The summed E-state index contributed by atoms with van der Waals surface area (Å²) < 4.78 is 0. The predicted octanol–water partition coefficient (Wildman–Crippen LogP) is 20.1. The smallest absolute Gasteiger partial charge is 0.404 e. The van der Waals surface area contributed by atoms with Gasteiger partial charge in [0.15, 0.2) is 0 Å². The number of nitriles is 1. The standard InChI is InChI=1S/C57H108N2O2/c58-53-57(54-59-55(60)61)52-56(57)50-48-46-44-42-40-38-36-34-32-30-28-26-24-22-20-18-16-14-12-10-8-6-4-2-1-3-5-7-9-11-13-15-17-19-21-23-25-27-29-31-33-35-37-39-41-43-45-47-49-51-56/h59H,1-52,54H2,(H,60,61). The van der Waals surface area contributed by atoms with Gasteiger partial charge in [0, 0.05) is 6.54 Å². The number of nitrogens with zero attached hydrogens (tertiary/aromatic N) is 1. The highest BCUT2D eigenvalue weighted by molar-refractivity contribution is 5.64. The Morgan fingerprint density at radius 1 is 0.344 bits per heavy atom. The van der Waals surface area contributed by atoms with E-state index < -0.39 is 11.5 Å². The molecule has 1 spiro atoms. The Kier molecular flexibility index (Phi) is 38.0. The number of nitrogens with one attached hydrogen (secondary N) is 1. The van der Waals surface area contributed by atoms with Crippen LogP contribution in [0.5, 0.6) is 0 Å². The molecule has 2 fully saturated rings. The molecule has 4 heteroatoms. The van der Waals surface area contributed by atoms with E-state index in [1.807, 2.05) is 0 Å². The van der Waals surface area contributed by atoms with Gasteiger partial charge in [-0.1, -0.05) is 315 Å². The number of carbonyl (C=O) groups is 1. The van der Waals surface area contributed by atoms with Crippen molar-refractivity contribution < 1.29 is 9.90 Å². The molecule has 2 N–H and O–H groups in total. The predicted molar refractivity (Wildman–Crippen MR) is 267 cm³/mol. The maximum atomic E-state index is 11.3. The maximum absolute atomic E-state index is 11.3. The summed E-state index contributed by atoms with van der Waals surface area (Å²) in [5.41, 5.74) is -0.446.